The van der Waals surface area contributed by atoms with Gasteiger partial charge in [-0.1, -0.05) is 24.8 Å². The minimum Gasteiger partial charge on any atom is -0.510 e. The van der Waals surface area contributed by atoms with Crippen molar-refractivity contribution in [1.82, 2.24) is 4.90 Å². The van der Waals surface area contributed by atoms with Gasteiger partial charge in [0.05, 0.1) is 17.2 Å². The van der Waals surface area contributed by atoms with Gasteiger partial charge in [-0.3, -0.25) is 19.3 Å². The number of carbonyl (C=O) groups is 3. The number of aromatic hydroxyl groups is 1. The highest BCUT2D eigenvalue weighted by molar-refractivity contribution is 6.24. The van der Waals surface area contributed by atoms with E-state index in [2.05, 4.69) is 17.9 Å². The Morgan fingerprint density at radius 1 is 1.18 bits per heavy atom. The molecule has 5 rings (SSSR count). The van der Waals surface area contributed by atoms with E-state index in [1.165, 1.54) is 4.90 Å². The van der Waals surface area contributed by atoms with Crippen LogP contribution in [0.1, 0.15) is 66.1 Å². The fraction of sp³-hybridized carbons (Fsp3) is 0.452. The Balaban J connectivity index is 1.68. The second-order valence-corrected chi connectivity index (χ2v) is 11.3. The molecule has 40 heavy (non-hydrogen) atoms. The number of phenolic OH excluding ortho intramolecular Hbond substituents is 1. The van der Waals surface area contributed by atoms with Crippen molar-refractivity contribution < 1.29 is 34.8 Å². The number of nitrogens with two attached hydrogens (primary N) is 1. The highest BCUT2D eigenvalue weighted by Crippen LogP contribution is 2.52. The predicted molar refractivity (Wildman–Crippen MR) is 146 cm³/mol. The Labute approximate surface area is 232 Å². The molecule has 9 nitrogen and oxygen atoms in total. The lowest BCUT2D eigenvalue weighted by molar-refractivity contribution is -0.148. The molecule has 210 valence electrons. The van der Waals surface area contributed by atoms with Crippen LogP contribution in [0.5, 0.6) is 5.75 Å². The fourth-order valence-electron chi connectivity index (χ4n) is 6.91. The third-order valence-corrected chi connectivity index (χ3v) is 8.84. The molecule has 0 aromatic heterocycles. The van der Waals surface area contributed by atoms with Crippen molar-refractivity contribution in [3.05, 3.63) is 62.6 Å². The Bertz CT molecular complexity index is 1500. The maximum Gasteiger partial charge on any atom is 0.255 e. The van der Waals surface area contributed by atoms with Crippen LogP contribution in [0, 0.1) is 23.7 Å². The number of hydrogen-bond acceptors (Lipinski definition) is 8. The molecule has 0 unspecified atom stereocenters. The predicted octanol–water partition coefficient (Wildman–Crippen LogP) is 2.53. The molecule has 1 amide bonds. The van der Waals surface area contributed by atoms with Gasteiger partial charge in [-0.05, 0) is 87.7 Å². The van der Waals surface area contributed by atoms with Crippen LogP contribution in [0.3, 0.4) is 0 Å². The number of Topliss-reactive ketones (excluding diaryl/α,β-unsaturated/α-hetero) is 2. The monoisotopic (exact) mass is 546 g/mol. The third kappa shape index (κ3) is 3.97. The number of aliphatic hydroxyl groups is 3. The molecule has 0 saturated carbocycles. The number of aryl methyl sites for hydroxylation is 1. The molecule has 6 N–H and O–H groups in total. The van der Waals surface area contributed by atoms with Gasteiger partial charge >= 0.3 is 0 Å². The largest absolute Gasteiger partial charge is 0.510 e. The number of carbonyl (C=O) groups excluding carboxylic acids is 3. The SMILES string of the molecule is CCc1cc(C#CC2=CCCCC2)c(O)c2c1C[C@H]1C[C@H]3[C@H](N(C)C)C(O)=C(C(N)=O)C(=O)[C@@]3(O)C(O)=C1C2=O. The molecule has 0 aliphatic heterocycles. The Hall–Kier alpha value is -3.87. The highest BCUT2D eigenvalue weighted by atomic mass is 16.3. The van der Waals surface area contributed by atoms with Gasteiger partial charge in [0.15, 0.2) is 11.4 Å². The van der Waals surface area contributed by atoms with Crippen molar-refractivity contribution in [3.63, 3.8) is 0 Å². The van der Waals surface area contributed by atoms with Crippen molar-refractivity contribution in [3.8, 4) is 17.6 Å². The second kappa shape index (κ2) is 9.95. The topological polar surface area (TPSA) is 161 Å². The number of nitrogens with zero attached hydrogens (tertiary/aromatic N) is 1. The summed E-state index contributed by atoms with van der Waals surface area (Å²) in [5.74, 6) is -0.455. The summed E-state index contributed by atoms with van der Waals surface area (Å²) in [4.78, 5) is 41.1. The third-order valence-electron chi connectivity index (χ3n) is 8.84. The van der Waals surface area contributed by atoms with Crippen LogP contribution >= 0.6 is 0 Å². The summed E-state index contributed by atoms with van der Waals surface area (Å²) in [6.45, 7) is 1.94. The molecule has 1 aromatic carbocycles. The average molecular weight is 547 g/mol. The van der Waals surface area contributed by atoms with E-state index in [1.807, 2.05) is 6.92 Å². The van der Waals surface area contributed by atoms with Crippen LogP contribution in [-0.4, -0.2) is 68.5 Å². The normalized spacial score (nSPS) is 27.9. The number of amides is 1. The first-order valence-electron chi connectivity index (χ1n) is 13.7. The van der Waals surface area contributed by atoms with Crippen molar-refractivity contribution in [2.24, 2.45) is 17.6 Å². The summed E-state index contributed by atoms with van der Waals surface area (Å²) in [7, 11) is 3.21. The zero-order valence-corrected chi connectivity index (χ0v) is 22.9. The second-order valence-electron chi connectivity index (χ2n) is 11.3. The van der Waals surface area contributed by atoms with E-state index >= 15 is 0 Å². The molecular formula is C31H34N2O7. The number of hydrogen-bond donors (Lipinski definition) is 5. The Kier molecular flexibility index (Phi) is 6.89. The Morgan fingerprint density at radius 3 is 2.50 bits per heavy atom. The van der Waals surface area contributed by atoms with Gasteiger partial charge < -0.3 is 26.2 Å². The lowest BCUT2D eigenvalue weighted by Gasteiger charge is -2.50. The zero-order chi connectivity index (χ0) is 29.1. The first kappa shape index (κ1) is 27.7. The van der Waals surface area contributed by atoms with E-state index in [4.69, 9.17) is 5.73 Å². The fourth-order valence-corrected chi connectivity index (χ4v) is 6.91. The lowest BCUT2D eigenvalue weighted by atomic mass is 9.58. The number of phenols is 1. The van der Waals surface area contributed by atoms with Gasteiger partial charge in [0.25, 0.3) is 5.91 Å². The standard InChI is InChI=1S/C31H34N2O7/c1-4-16-12-17(11-10-15-8-6-5-7-9-15)25(34)22-19(16)13-18-14-20-24(33(2)3)27(36)23(30(32)39)29(38)31(20,40)28(37)21(18)26(22)35/h8,12,18,20,24,34,36-37,40H,4-7,9,13-14H2,1-3H3,(H2,32,39)/t18-,20-,24-,31-/m0/s1. The number of rotatable bonds is 3. The number of ketones is 2. The molecule has 0 spiro atoms. The van der Waals surface area contributed by atoms with Gasteiger partial charge in [0, 0.05) is 11.5 Å². The maximum atomic E-state index is 14.0. The van der Waals surface area contributed by atoms with E-state index in [0.717, 1.165) is 36.8 Å². The molecule has 0 fully saturated rings. The van der Waals surface area contributed by atoms with Crippen LogP contribution in [0.25, 0.3) is 0 Å². The van der Waals surface area contributed by atoms with Crippen LogP contribution in [0.2, 0.25) is 0 Å². The minimum atomic E-state index is -2.65. The number of allylic oxidation sites excluding steroid dienone is 3. The molecule has 4 atom stereocenters. The molecule has 4 aliphatic rings. The van der Waals surface area contributed by atoms with Crippen LogP contribution in [0.4, 0.5) is 0 Å². The first-order chi connectivity index (χ1) is 18.9. The molecule has 1 aromatic rings. The summed E-state index contributed by atoms with van der Waals surface area (Å²) in [6, 6.07) is 0.780. The summed E-state index contributed by atoms with van der Waals surface area (Å²) < 4.78 is 0. The van der Waals surface area contributed by atoms with E-state index < -0.39 is 58.0 Å². The van der Waals surface area contributed by atoms with Crippen molar-refractivity contribution in [2.45, 2.75) is 63.5 Å². The van der Waals surface area contributed by atoms with Gasteiger partial charge in [-0.25, -0.2) is 0 Å². The van der Waals surface area contributed by atoms with Crippen LogP contribution in [-0.2, 0) is 22.4 Å². The van der Waals surface area contributed by atoms with Gasteiger partial charge in [0.2, 0.25) is 5.78 Å². The number of benzene rings is 1. The first-order valence-corrected chi connectivity index (χ1v) is 13.7. The van der Waals surface area contributed by atoms with Crippen molar-refractivity contribution in [1.29, 1.82) is 0 Å². The van der Waals surface area contributed by atoms with E-state index in [9.17, 15) is 34.8 Å². The van der Waals surface area contributed by atoms with Crippen molar-refractivity contribution >= 4 is 17.5 Å². The number of fused-ring (bicyclic) bond motifs is 3. The average Bonchev–Trinajstić information content (AvgIpc) is 2.90. The van der Waals surface area contributed by atoms with E-state index in [0.29, 0.717) is 17.5 Å². The molecule has 0 radical (unpaired) electrons. The molecule has 4 aliphatic carbocycles. The minimum absolute atomic E-state index is 0.00190. The van der Waals surface area contributed by atoms with Crippen LogP contribution < -0.4 is 5.73 Å². The summed E-state index contributed by atoms with van der Waals surface area (Å²) >= 11 is 0. The maximum absolute atomic E-state index is 14.0. The van der Waals surface area contributed by atoms with Gasteiger partial charge in [-0.2, -0.15) is 0 Å². The quantitative estimate of drug-likeness (QED) is 0.285. The highest BCUT2D eigenvalue weighted by Gasteiger charge is 2.63. The smallest absolute Gasteiger partial charge is 0.255 e. The van der Waals surface area contributed by atoms with Crippen LogP contribution in [0.15, 0.2) is 40.4 Å². The van der Waals surface area contributed by atoms with E-state index in [-0.39, 0.29) is 29.7 Å². The molecular weight excluding hydrogens is 512 g/mol. The van der Waals surface area contributed by atoms with Crippen molar-refractivity contribution in [2.75, 3.05) is 14.1 Å². The van der Waals surface area contributed by atoms with E-state index in [1.54, 1.807) is 20.2 Å². The number of primary amides is 1. The zero-order valence-electron chi connectivity index (χ0n) is 22.9. The van der Waals surface area contributed by atoms with Gasteiger partial charge in [-0.15, -0.1) is 0 Å². The van der Waals surface area contributed by atoms with Gasteiger partial charge in [0.1, 0.15) is 22.8 Å². The number of aliphatic hydroxyl groups excluding tert-OH is 2. The number of likely N-dealkylation sites (N-methyl/N-ethyl adjacent to an activating group) is 1. The molecule has 0 heterocycles. The Morgan fingerprint density at radius 2 is 1.90 bits per heavy atom. The summed E-state index contributed by atoms with van der Waals surface area (Å²) in [5.41, 5.74) is 4.51. The lowest BCUT2D eigenvalue weighted by Crippen LogP contribution is -2.63. The summed E-state index contributed by atoms with van der Waals surface area (Å²) in [5, 5.41) is 45.4. The molecule has 0 saturated heterocycles. The molecule has 0 bridgehead atoms. The molecule has 9 heteroatoms. The summed E-state index contributed by atoms with van der Waals surface area (Å²) in [6.07, 6.45) is 6.96.